The first-order valence-corrected chi connectivity index (χ1v) is 6.70. The lowest BCUT2D eigenvalue weighted by molar-refractivity contribution is -0.00691. The van der Waals surface area contributed by atoms with Crippen LogP contribution in [-0.2, 0) is 4.74 Å². The van der Waals surface area contributed by atoms with Gasteiger partial charge in [0.2, 0.25) is 0 Å². The maximum absolute atomic E-state index is 5.74. The number of rotatable bonds is 6. The Morgan fingerprint density at radius 1 is 1.44 bits per heavy atom. The number of nitrogens with zero attached hydrogens (tertiary/aromatic N) is 1. The molecule has 3 atom stereocenters. The summed E-state index contributed by atoms with van der Waals surface area (Å²) in [5.41, 5.74) is 0. The normalized spacial score (nSPS) is 26.6. The Labute approximate surface area is 101 Å². The van der Waals surface area contributed by atoms with Gasteiger partial charge in [0.15, 0.2) is 0 Å². The molecule has 0 spiro atoms. The van der Waals surface area contributed by atoms with Gasteiger partial charge < -0.3 is 10.1 Å². The van der Waals surface area contributed by atoms with Gasteiger partial charge in [0.05, 0.1) is 6.10 Å². The maximum Gasteiger partial charge on any atom is 0.0702 e. The fourth-order valence-electron chi connectivity index (χ4n) is 2.52. The highest BCUT2D eigenvalue weighted by molar-refractivity contribution is 4.79. The predicted octanol–water partition coefficient (Wildman–Crippen LogP) is 1.87. The first-order chi connectivity index (χ1) is 7.67. The van der Waals surface area contributed by atoms with Crippen LogP contribution in [0.15, 0.2) is 0 Å². The van der Waals surface area contributed by atoms with Crippen LogP contribution < -0.4 is 5.32 Å². The zero-order chi connectivity index (χ0) is 12.0. The monoisotopic (exact) mass is 228 g/mol. The second-order valence-electron chi connectivity index (χ2n) is 4.99. The van der Waals surface area contributed by atoms with Gasteiger partial charge in [0.1, 0.15) is 0 Å². The molecule has 1 rings (SSSR count). The molecular formula is C13H28N2O. The molecular weight excluding hydrogens is 200 g/mol. The van der Waals surface area contributed by atoms with Crippen molar-refractivity contribution in [1.29, 1.82) is 0 Å². The number of ether oxygens (including phenoxy) is 1. The van der Waals surface area contributed by atoms with Crippen molar-refractivity contribution in [2.45, 2.75) is 58.2 Å². The Bertz CT molecular complexity index is 185. The fourth-order valence-corrected chi connectivity index (χ4v) is 2.52. The van der Waals surface area contributed by atoms with Gasteiger partial charge in [-0.15, -0.1) is 0 Å². The third kappa shape index (κ3) is 4.40. The molecule has 0 aromatic rings. The Kier molecular flexibility index (Phi) is 6.32. The molecule has 16 heavy (non-hydrogen) atoms. The van der Waals surface area contributed by atoms with Gasteiger partial charge in [-0.3, -0.25) is 4.90 Å². The lowest BCUT2D eigenvalue weighted by atomic mass is 10.0. The van der Waals surface area contributed by atoms with Crippen molar-refractivity contribution in [3.05, 3.63) is 0 Å². The lowest BCUT2D eigenvalue weighted by Crippen LogP contribution is -2.46. The van der Waals surface area contributed by atoms with E-state index in [1.165, 1.54) is 25.8 Å². The molecule has 3 nitrogen and oxygen atoms in total. The van der Waals surface area contributed by atoms with E-state index in [4.69, 9.17) is 4.74 Å². The summed E-state index contributed by atoms with van der Waals surface area (Å²) >= 11 is 0. The van der Waals surface area contributed by atoms with Crippen molar-refractivity contribution in [3.63, 3.8) is 0 Å². The molecule has 0 aromatic carbocycles. The van der Waals surface area contributed by atoms with Gasteiger partial charge in [0, 0.05) is 25.2 Å². The van der Waals surface area contributed by atoms with Crippen molar-refractivity contribution in [2.24, 2.45) is 0 Å². The van der Waals surface area contributed by atoms with Crippen LogP contribution in [0.5, 0.6) is 0 Å². The van der Waals surface area contributed by atoms with E-state index in [-0.39, 0.29) is 0 Å². The number of hydrogen-bond donors (Lipinski definition) is 1. The van der Waals surface area contributed by atoms with E-state index >= 15 is 0 Å². The molecule has 0 radical (unpaired) electrons. The van der Waals surface area contributed by atoms with Gasteiger partial charge in [0.25, 0.3) is 0 Å². The molecule has 0 bridgehead atoms. The van der Waals surface area contributed by atoms with Gasteiger partial charge in [-0.2, -0.15) is 0 Å². The molecule has 1 aliphatic rings. The summed E-state index contributed by atoms with van der Waals surface area (Å²) in [5.74, 6) is 0. The Hall–Kier alpha value is -0.120. The fraction of sp³-hybridized carbons (Fsp3) is 1.00. The summed E-state index contributed by atoms with van der Waals surface area (Å²) in [6.07, 6.45) is 4.20. The zero-order valence-electron chi connectivity index (χ0n) is 11.3. The van der Waals surface area contributed by atoms with Crippen LogP contribution in [0.1, 0.15) is 40.0 Å². The third-order valence-corrected chi connectivity index (χ3v) is 3.62. The summed E-state index contributed by atoms with van der Waals surface area (Å²) in [7, 11) is 2.04. The summed E-state index contributed by atoms with van der Waals surface area (Å²) in [6.45, 7) is 9.88. The largest absolute Gasteiger partial charge is 0.377 e. The van der Waals surface area contributed by atoms with Crippen molar-refractivity contribution >= 4 is 0 Å². The minimum atomic E-state index is 0.464. The average Bonchev–Trinajstić information content (AvgIpc) is 2.29. The highest BCUT2D eigenvalue weighted by Gasteiger charge is 2.24. The highest BCUT2D eigenvalue weighted by Crippen LogP contribution is 2.17. The van der Waals surface area contributed by atoms with Crippen LogP contribution in [0.4, 0.5) is 0 Å². The molecule has 1 saturated heterocycles. The van der Waals surface area contributed by atoms with E-state index in [0.717, 1.165) is 13.2 Å². The topological polar surface area (TPSA) is 24.5 Å². The Morgan fingerprint density at radius 3 is 2.81 bits per heavy atom. The molecule has 1 aliphatic heterocycles. The molecule has 0 aliphatic carbocycles. The summed E-state index contributed by atoms with van der Waals surface area (Å²) in [5, 5.41) is 3.31. The maximum atomic E-state index is 5.74. The minimum Gasteiger partial charge on any atom is -0.377 e. The molecule has 96 valence electrons. The molecule has 0 aromatic heterocycles. The molecule has 3 unspecified atom stereocenters. The molecule has 0 amide bonds. The van der Waals surface area contributed by atoms with Crippen LogP contribution in [0.2, 0.25) is 0 Å². The minimum absolute atomic E-state index is 0.464. The SMILES string of the molecule is CCOC1CCCN(C(C)CC(C)NC)C1. The van der Waals surface area contributed by atoms with Crippen LogP contribution in [0.25, 0.3) is 0 Å². The van der Waals surface area contributed by atoms with Gasteiger partial charge >= 0.3 is 0 Å². The quantitative estimate of drug-likeness (QED) is 0.751. The van der Waals surface area contributed by atoms with Crippen LogP contribution in [0.3, 0.4) is 0 Å². The lowest BCUT2D eigenvalue weighted by Gasteiger charge is -2.37. The van der Waals surface area contributed by atoms with Crippen LogP contribution in [-0.4, -0.2) is 49.8 Å². The molecule has 3 heteroatoms. The van der Waals surface area contributed by atoms with Gasteiger partial charge in [-0.1, -0.05) is 0 Å². The number of hydrogen-bond acceptors (Lipinski definition) is 3. The number of piperidine rings is 1. The van der Waals surface area contributed by atoms with E-state index < -0.39 is 0 Å². The van der Waals surface area contributed by atoms with Crippen molar-refractivity contribution < 1.29 is 4.74 Å². The summed E-state index contributed by atoms with van der Waals surface area (Å²) in [6, 6.07) is 1.26. The van der Waals surface area contributed by atoms with Crippen LogP contribution >= 0.6 is 0 Å². The molecule has 1 N–H and O–H groups in total. The van der Waals surface area contributed by atoms with Gasteiger partial charge in [-0.25, -0.2) is 0 Å². The molecule has 1 heterocycles. The Morgan fingerprint density at radius 2 is 2.19 bits per heavy atom. The standard InChI is InChI=1S/C13H28N2O/c1-5-16-13-7-6-8-15(10-13)12(3)9-11(2)14-4/h11-14H,5-10H2,1-4H3. The van der Waals surface area contributed by atoms with E-state index in [1.54, 1.807) is 0 Å². The van der Waals surface area contributed by atoms with E-state index in [1.807, 2.05) is 7.05 Å². The molecule has 0 saturated carbocycles. The van der Waals surface area contributed by atoms with Crippen molar-refractivity contribution in [3.8, 4) is 0 Å². The predicted molar refractivity (Wildman–Crippen MR) is 68.8 cm³/mol. The van der Waals surface area contributed by atoms with E-state index in [9.17, 15) is 0 Å². The summed E-state index contributed by atoms with van der Waals surface area (Å²) in [4.78, 5) is 2.58. The highest BCUT2D eigenvalue weighted by atomic mass is 16.5. The van der Waals surface area contributed by atoms with Crippen molar-refractivity contribution in [1.82, 2.24) is 10.2 Å². The molecule has 1 fully saturated rings. The smallest absolute Gasteiger partial charge is 0.0702 e. The Balaban J connectivity index is 2.34. The first-order valence-electron chi connectivity index (χ1n) is 6.70. The second kappa shape index (κ2) is 7.25. The first kappa shape index (κ1) is 13.9. The van der Waals surface area contributed by atoms with Crippen molar-refractivity contribution in [2.75, 3.05) is 26.7 Å². The number of nitrogens with one attached hydrogen (secondary N) is 1. The van der Waals surface area contributed by atoms with E-state index in [0.29, 0.717) is 18.2 Å². The van der Waals surface area contributed by atoms with Gasteiger partial charge in [-0.05, 0) is 53.6 Å². The average molecular weight is 228 g/mol. The second-order valence-corrected chi connectivity index (χ2v) is 4.99. The number of likely N-dealkylation sites (tertiary alicyclic amines) is 1. The summed E-state index contributed by atoms with van der Waals surface area (Å²) < 4.78 is 5.74. The zero-order valence-corrected chi connectivity index (χ0v) is 11.3. The van der Waals surface area contributed by atoms with Crippen LogP contribution in [0, 0.1) is 0 Å². The third-order valence-electron chi connectivity index (χ3n) is 3.62. The van der Waals surface area contributed by atoms with E-state index in [2.05, 4.69) is 31.0 Å².